The molecular formula is C9H9Bi6O4. The van der Waals surface area contributed by atoms with Crippen LogP contribution in [0.1, 0.15) is 6.92 Å². The van der Waals surface area contributed by atoms with Gasteiger partial charge in [-0.15, -0.1) is 0 Å². The Labute approximate surface area is 159 Å². The van der Waals surface area contributed by atoms with Gasteiger partial charge in [0.05, 0.1) is 0 Å². The van der Waals surface area contributed by atoms with Gasteiger partial charge in [-0.1, -0.05) is 0 Å². The van der Waals surface area contributed by atoms with Crippen molar-refractivity contribution in [3.63, 3.8) is 0 Å². The van der Waals surface area contributed by atoms with Crippen molar-refractivity contribution in [1.29, 1.82) is 0 Å². The van der Waals surface area contributed by atoms with Gasteiger partial charge in [-0.3, -0.25) is 0 Å². The number of hydrogen-bond donors (Lipinski definition) is 0. The average Bonchev–Trinajstić information content (AvgIpc) is 2.92. The second kappa shape index (κ2) is 3.85. The molecule has 6 unspecified atom stereocenters. The topological polar surface area (TPSA) is 36.9 Å². The summed E-state index contributed by atoms with van der Waals surface area (Å²) in [5.41, 5.74) is 0. The van der Waals surface area contributed by atoms with E-state index in [0.29, 0.717) is 1.85 Å². The Morgan fingerprint density at radius 1 is 1.26 bits per heavy atom. The third-order valence-corrected chi connectivity index (χ3v) is 265. The molecule has 0 N–H and O–H groups in total. The molecule has 0 aromatic carbocycles. The van der Waals surface area contributed by atoms with Gasteiger partial charge in [-0.2, -0.15) is 0 Å². The minimum atomic E-state index is -2.61. The molecule has 7 aliphatic rings. The van der Waals surface area contributed by atoms with E-state index in [4.69, 9.17) is 7.41 Å². The number of fused-ring (bicyclic) bond motifs is 1. The van der Waals surface area contributed by atoms with Crippen molar-refractivity contribution in [3.8, 4) is 11.8 Å². The first-order chi connectivity index (χ1) is 9.28. The molecular weight excluding hydrogens is 1430 g/mol. The van der Waals surface area contributed by atoms with Gasteiger partial charge in [0.25, 0.3) is 0 Å². The summed E-state index contributed by atoms with van der Waals surface area (Å²) in [5, 5.41) is 0. The van der Waals surface area contributed by atoms with Crippen molar-refractivity contribution in [2.24, 2.45) is 0 Å². The summed E-state index contributed by atoms with van der Waals surface area (Å²) in [6, 6.07) is 0. The SMILES string of the molecule is CC#C[C]12[Bi]3[O][Bi]4([O]C)[CH]3[Bi]3[O][C]15[Bi]1[O][Bi]([CH]3[Bi]25)[CH]14. The molecule has 0 amide bonds. The van der Waals surface area contributed by atoms with Crippen LogP contribution in [0.4, 0.5) is 0 Å². The van der Waals surface area contributed by atoms with Crippen molar-refractivity contribution in [1.82, 2.24) is 0 Å². The predicted octanol–water partition coefficient (Wildman–Crippen LogP) is -0.853. The summed E-state index contributed by atoms with van der Waals surface area (Å²) < 4.78 is 31.9. The van der Waals surface area contributed by atoms with Crippen LogP contribution < -0.4 is 0 Å². The molecule has 99 valence electrons. The first-order valence-corrected chi connectivity index (χ1v) is 39.7. The van der Waals surface area contributed by atoms with E-state index in [2.05, 4.69) is 18.8 Å². The zero-order chi connectivity index (χ0) is 12.4. The van der Waals surface area contributed by atoms with Crippen molar-refractivity contribution >= 4 is 132 Å². The van der Waals surface area contributed by atoms with Gasteiger partial charge in [0.1, 0.15) is 0 Å². The van der Waals surface area contributed by atoms with E-state index in [0.717, 1.165) is -1.92 Å². The third-order valence-electron chi connectivity index (χ3n) is 5.12. The Morgan fingerprint density at radius 3 is 2.89 bits per heavy atom. The monoisotopic (exact) mass is 1430 g/mol. The normalized spacial score (nSPS) is 66.7. The summed E-state index contributed by atoms with van der Waals surface area (Å²) in [6.45, 7) is 2.06. The van der Waals surface area contributed by atoms with Crippen LogP contribution in [0.3, 0.4) is 0 Å². The van der Waals surface area contributed by atoms with Gasteiger partial charge in [-0.05, 0) is 0 Å². The minimum absolute atomic E-state index is 0.543. The van der Waals surface area contributed by atoms with Gasteiger partial charge < -0.3 is 0 Å². The van der Waals surface area contributed by atoms with Crippen LogP contribution in [0.5, 0.6) is 0 Å². The van der Waals surface area contributed by atoms with E-state index >= 15 is 0 Å². The fraction of sp³-hybridized carbons (Fsp3) is 0.778. The van der Waals surface area contributed by atoms with Crippen molar-refractivity contribution in [3.05, 3.63) is 0 Å². The average molecular weight is 1440 g/mol. The standard InChI is InChI=1S/C5H3O.CH3O.3CH.6Bi.2O/c1-2-3-4-5-6;1-2;;;;;;;;;;;/h1H3;1H3;3*1H;;;;;;;;/q2*-1;;;;;;;;2*+1;;. The second-order valence-electron chi connectivity index (χ2n) is 5.52. The van der Waals surface area contributed by atoms with Crippen LogP contribution >= 0.6 is 0 Å². The number of rotatable bonds is 1. The fourth-order valence-corrected chi connectivity index (χ4v) is 775. The summed E-state index contributed by atoms with van der Waals surface area (Å²) in [6.07, 6.45) is 0. The molecule has 0 aromatic heterocycles. The zero-order valence-corrected chi connectivity index (χ0v) is 30.9. The van der Waals surface area contributed by atoms with E-state index in [1.165, 1.54) is -0.958 Å². The Bertz CT molecular complexity index is 650. The molecule has 6 atom stereocenters. The first-order valence-electron chi connectivity index (χ1n) is 6.18. The third kappa shape index (κ3) is 1.04. The van der Waals surface area contributed by atoms with Crippen molar-refractivity contribution < 1.29 is 7.41 Å². The summed E-state index contributed by atoms with van der Waals surface area (Å²) in [7, 11) is 2.02. The molecule has 7 heterocycles. The van der Waals surface area contributed by atoms with Crippen molar-refractivity contribution in [2.45, 2.75) is 5.90 Å². The van der Waals surface area contributed by atoms with E-state index in [1.54, 1.807) is 0 Å². The molecule has 19 heavy (non-hydrogen) atoms. The second-order valence-corrected chi connectivity index (χ2v) is 139. The van der Waals surface area contributed by atoms with Gasteiger partial charge >= 0.3 is 164 Å². The number of hydrogen-bond acceptors (Lipinski definition) is 4. The van der Waals surface area contributed by atoms with Gasteiger partial charge in [0, 0.05) is 0 Å². The molecule has 0 saturated carbocycles. The molecule has 1 radical (unpaired) electrons. The van der Waals surface area contributed by atoms with E-state index in [9.17, 15) is 0 Å². The van der Waals surface area contributed by atoms with Crippen LogP contribution in [-0.2, 0) is 7.41 Å². The van der Waals surface area contributed by atoms with E-state index < -0.39 is 132 Å². The Morgan fingerprint density at radius 2 is 2.11 bits per heavy atom. The van der Waals surface area contributed by atoms with Crippen LogP contribution in [-0.4, -0.2) is 140 Å². The fourth-order valence-electron chi connectivity index (χ4n) is 4.51. The van der Waals surface area contributed by atoms with Gasteiger partial charge in [-0.25, -0.2) is 0 Å². The summed E-state index contributed by atoms with van der Waals surface area (Å²) in [4.78, 5) is 0. The Balaban J connectivity index is 1.60. The Kier molecular flexibility index (Phi) is 2.80. The maximum absolute atomic E-state index is 7.09. The molecule has 7 fully saturated rings. The Hall–Kier alpha value is 4.70. The van der Waals surface area contributed by atoms with Crippen molar-refractivity contribution in [2.75, 3.05) is 7.11 Å². The quantitative estimate of drug-likeness (QED) is 0.254. The molecule has 0 aliphatic carbocycles. The molecule has 7 saturated heterocycles. The molecule has 4 nitrogen and oxygen atoms in total. The summed E-state index contributed by atoms with van der Waals surface area (Å²) in [5.74, 6) is 7.17. The van der Waals surface area contributed by atoms with Gasteiger partial charge in [0.15, 0.2) is 0 Å². The molecule has 8 bridgehead atoms. The molecule has 7 rings (SSSR count). The van der Waals surface area contributed by atoms with Crippen LogP contribution in [0.2, 0.25) is -2.04 Å². The predicted molar refractivity (Wildman–Crippen MR) is 74.9 cm³/mol. The molecule has 10 heteroatoms. The van der Waals surface area contributed by atoms with Gasteiger partial charge in [0.2, 0.25) is 0 Å². The van der Waals surface area contributed by atoms with E-state index in [1.807, 2.05) is 7.11 Å². The van der Waals surface area contributed by atoms with E-state index in [-0.39, 0.29) is 0 Å². The molecule has 7 aliphatic heterocycles. The zero-order valence-electron chi connectivity index (χ0n) is 10.0. The first kappa shape index (κ1) is 13.8. The van der Waals surface area contributed by atoms with Crippen LogP contribution in [0, 0.1) is 11.8 Å². The van der Waals surface area contributed by atoms with Crippen LogP contribution in [0.25, 0.3) is 0 Å². The maximum atomic E-state index is 7.09. The molecule has 0 aromatic rings. The molecule has 0 spiro atoms. The summed E-state index contributed by atoms with van der Waals surface area (Å²) >= 11 is -10.6. The van der Waals surface area contributed by atoms with Crippen LogP contribution in [0.15, 0.2) is 0 Å².